The molecule has 0 spiro atoms. The van der Waals surface area contributed by atoms with E-state index in [9.17, 15) is 0 Å². The zero-order valence-corrected chi connectivity index (χ0v) is 39.6. The van der Waals surface area contributed by atoms with E-state index >= 15 is 0 Å². The summed E-state index contributed by atoms with van der Waals surface area (Å²) in [5, 5.41) is 4.98. The molecule has 1 aromatic heterocycles. The number of para-hydroxylation sites is 3. The second-order valence-electron chi connectivity index (χ2n) is 18.4. The summed E-state index contributed by atoms with van der Waals surface area (Å²) < 4.78 is 2.38. The first-order valence-electron chi connectivity index (χ1n) is 24.7. The maximum atomic E-state index is 2.44. The molecule has 1 heterocycles. The average molecular weight is 917 g/mol. The van der Waals surface area contributed by atoms with Gasteiger partial charge in [0.25, 0.3) is 0 Å². The van der Waals surface area contributed by atoms with Crippen molar-refractivity contribution in [1.82, 2.24) is 4.57 Å². The quantitative estimate of drug-likeness (QED) is 0.133. The van der Waals surface area contributed by atoms with Crippen LogP contribution in [0.15, 0.2) is 291 Å². The standard InChI is InChI=1S/C70H48N2/c1-3-19-51(20-4-1)61-28-9-10-29-62(61)63-30-11-12-31-64(63)65-32-13-15-35-68(65)71(57-44-41-50(42-45-57)49-37-39-53(40-38-49)60-34-18-22-52-21-7-8-27-59(52)60)58-26-17-23-54(47-58)55-43-46-70-67(48-55)66-33-14-16-36-69(66)72(70)56-24-5-2-6-25-56/h1-48H. The van der Waals surface area contributed by atoms with E-state index in [1.54, 1.807) is 0 Å². The Hall–Kier alpha value is -9.50. The fourth-order valence-electron chi connectivity index (χ4n) is 10.8. The van der Waals surface area contributed by atoms with E-state index in [0.717, 1.165) is 39.4 Å². The zero-order valence-electron chi connectivity index (χ0n) is 39.6. The van der Waals surface area contributed by atoms with Gasteiger partial charge in [-0.05, 0) is 133 Å². The predicted molar refractivity (Wildman–Crippen MR) is 306 cm³/mol. The molecule has 0 radical (unpaired) electrons. The number of hydrogen-bond acceptors (Lipinski definition) is 1. The fourth-order valence-corrected chi connectivity index (χ4v) is 10.8. The Bertz CT molecular complexity index is 4070. The minimum Gasteiger partial charge on any atom is -0.310 e. The molecule has 2 nitrogen and oxygen atoms in total. The van der Waals surface area contributed by atoms with Gasteiger partial charge in [-0.2, -0.15) is 0 Å². The van der Waals surface area contributed by atoms with Gasteiger partial charge < -0.3 is 9.47 Å². The van der Waals surface area contributed by atoms with Crippen molar-refractivity contribution in [2.24, 2.45) is 0 Å². The molecule has 0 saturated heterocycles. The molecule has 0 aliphatic heterocycles. The summed E-state index contributed by atoms with van der Waals surface area (Å²) >= 11 is 0. The molecule has 2 heteroatoms. The van der Waals surface area contributed by atoms with Crippen LogP contribution in [0.2, 0.25) is 0 Å². The number of aromatic nitrogens is 1. The maximum absolute atomic E-state index is 2.44. The SMILES string of the molecule is c1ccc(-c2ccccc2-c2ccccc2-c2ccccc2N(c2ccc(-c3ccc(-c4cccc5ccccc45)cc3)cc2)c2cccc(-c3ccc4c(c3)c3ccccc3n4-c3ccccc3)c2)cc1. The highest BCUT2D eigenvalue weighted by molar-refractivity contribution is 6.10. The fraction of sp³-hybridized carbons (Fsp3) is 0. The topological polar surface area (TPSA) is 8.17 Å². The maximum Gasteiger partial charge on any atom is 0.0541 e. The van der Waals surface area contributed by atoms with Crippen molar-refractivity contribution in [1.29, 1.82) is 0 Å². The van der Waals surface area contributed by atoms with Crippen LogP contribution in [0.3, 0.4) is 0 Å². The Morgan fingerprint density at radius 2 is 0.708 bits per heavy atom. The van der Waals surface area contributed by atoms with Crippen molar-refractivity contribution in [2.45, 2.75) is 0 Å². The van der Waals surface area contributed by atoms with Crippen LogP contribution >= 0.6 is 0 Å². The predicted octanol–water partition coefficient (Wildman–Crippen LogP) is 19.4. The molecule has 0 saturated carbocycles. The molecule has 13 rings (SSSR count). The van der Waals surface area contributed by atoms with Crippen molar-refractivity contribution in [3.8, 4) is 72.4 Å². The second kappa shape index (κ2) is 18.4. The van der Waals surface area contributed by atoms with E-state index in [1.165, 1.54) is 82.6 Å². The van der Waals surface area contributed by atoms with E-state index < -0.39 is 0 Å². The molecular formula is C70H48N2. The number of hydrogen-bond donors (Lipinski definition) is 0. The third-order valence-electron chi connectivity index (χ3n) is 14.2. The van der Waals surface area contributed by atoms with Crippen LogP contribution in [0.25, 0.3) is 105 Å². The largest absolute Gasteiger partial charge is 0.310 e. The summed E-state index contributed by atoms with van der Waals surface area (Å²) in [6, 6.07) is 106. The first-order valence-corrected chi connectivity index (χ1v) is 24.7. The van der Waals surface area contributed by atoms with Gasteiger partial charge in [0.05, 0.1) is 16.7 Å². The molecule has 0 fully saturated rings. The Kier molecular flexibility index (Phi) is 10.9. The third kappa shape index (κ3) is 7.73. The minimum atomic E-state index is 1.07. The van der Waals surface area contributed by atoms with Gasteiger partial charge in [0.1, 0.15) is 0 Å². The highest BCUT2D eigenvalue weighted by Crippen LogP contribution is 2.46. The van der Waals surface area contributed by atoms with Crippen LogP contribution in [-0.2, 0) is 0 Å². The first kappa shape index (κ1) is 42.6. The highest BCUT2D eigenvalue weighted by Gasteiger charge is 2.21. The van der Waals surface area contributed by atoms with Crippen molar-refractivity contribution in [2.75, 3.05) is 4.90 Å². The van der Waals surface area contributed by atoms with Crippen LogP contribution in [0.4, 0.5) is 17.1 Å². The minimum absolute atomic E-state index is 1.07. The van der Waals surface area contributed by atoms with Crippen LogP contribution in [-0.4, -0.2) is 4.57 Å². The number of anilines is 3. The molecule has 0 bridgehead atoms. The first-order chi connectivity index (χ1) is 35.7. The number of fused-ring (bicyclic) bond motifs is 4. The average Bonchev–Trinajstić information content (AvgIpc) is 3.80. The van der Waals surface area contributed by atoms with Crippen LogP contribution in [0.1, 0.15) is 0 Å². The van der Waals surface area contributed by atoms with Crippen molar-refractivity contribution >= 4 is 49.6 Å². The Morgan fingerprint density at radius 3 is 1.47 bits per heavy atom. The lowest BCUT2D eigenvalue weighted by molar-refractivity contribution is 1.18. The van der Waals surface area contributed by atoms with Gasteiger partial charge in [0.2, 0.25) is 0 Å². The number of rotatable bonds is 10. The number of nitrogens with zero attached hydrogens (tertiary/aromatic N) is 2. The summed E-state index contributed by atoms with van der Waals surface area (Å²) in [5.74, 6) is 0. The van der Waals surface area contributed by atoms with E-state index in [1.807, 2.05) is 0 Å². The van der Waals surface area contributed by atoms with Gasteiger partial charge in [-0.15, -0.1) is 0 Å². The summed E-state index contributed by atoms with van der Waals surface area (Å²) in [6.45, 7) is 0. The van der Waals surface area contributed by atoms with Gasteiger partial charge in [0.15, 0.2) is 0 Å². The zero-order chi connectivity index (χ0) is 47.8. The normalized spacial score (nSPS) is 11.3. The smallest absolute Gasteiger partial charge is 0.0541 e. The summed E-state index contributed by atoms with van der Waals surface area (Å²) in [4.78, 5) is 2.44. The van der Waals surface area contributed by atoms with Gasteiger partial charge in [0, 0.05) is 33.4 Å². The van der Waals surface area contributed by atoms with Crippen LogP contribution in [0.5, 0.6) is 0 Å². The third-order valence-corrected chi connectivity index (χ3v) is 14.2. The lowest BCUT2D eigenvalue weighted by Crippen LogP contribution is -2.11. The van der Waals surface area contributed by atoms with Crippen molar-refractivity contribution in [3.05, 3.63) is 291 Å². The second-order valence-corrected chi connectivity index (χ2v) is 18.4. The van der Waals surface area contributed by atoms with E-state index in [2.05, 4.69) is 301 Å². The van der Waals surface area contributed by atoms with Crippen LogP contribution in [0, 0.1) is 0 Å². The summed E-state index contributed by atoms with van der Waals surface area (Å²) in [6.07, 6.45) is 0. The highest BCUT2D eigenvalue weighted by atomic mass is 15.1. The van der Waals surface area contributed by atoms with Gasteiger partial charge in [-0.1, -0.05) is 231 Å². The monoisotopic (exact) mass is 916 g/mol. The van der Waals surface area contributed by atoms with Gasteiger partial charge in [-0.3, -0.25) is 0 Å². The van der Waals surface area contributed by atoms with Crippen LogP contribution < -0.4 is 4.90 Å². The molecule has 0 atom stereocenters. The number of benzene rings is 12. The lowest BCUT2D eigenvalue weighted by Gasteiger charge is -2.29. The molecule has 0 unspecified atom stereocenters. The van der Waals surface area contributed by atoms with Crippen molar-refractivity contribution < 1.29 is 0 Å². The van der Waals surface area contributed by atoms with E-state index in [-0.39, 0.29) is 0 Å². The lowest BCUT2D eigenvalue weighted by atomic mass is 9.88. The molecular weight excluding hydrogens is 869 g/mol. The van der Waals surface area contributed by atoms with Gasteiger partial charge >= 0.3 is 0 Å². The van der Waals surface area contributed by atoms with Crippen molar-refractivity contribution in [3.63, 3.8) is 0 Å². The van der Waals surface area contributed by atoms with Gasteiger partial charge in [-0.25, -0.2) is 0 Å². The molecule has 338 valence electrons. The molecule has 13 aromatic rings. The molecule has 0 aliphatic carbocycles. The Balaban J connectivity index is 0.941. The summed E-state index contributed by atoms with van der Waals surface area (Å²) in [5.41, 5.74) is 21.0. The molecule has 0 N–H and O–H groups in total. The van der Waals surface area contributed by atoms with E-state index in [0.29, 0.717) is 0 Å². The molecule has 12 aromatic carbocycles. The Morgan fingerprint density at radius 1 is 0.236 bits per heavy atom. The Labute approximate surface area is 420 Å². The molecule has 0 amide bonds. The molecule has 72 heavy (non-hydrogen) atoms. The van der Waals surface area contributed by atoms with E-state index in [4.69, 9.17) is 0 Å². The summed E-state index contributed by atoms with van der Waals surface area (Å²) in [7, 11) is 0. The molecule has 0 aliphatic rings.